The summed E-state index contributed by atoms with van der Waals surface area (Å²) in [5, 5.41) is 6.20. The fourth-order valence-electron chi connectivity index (χ4n) is 2.41. The Morgan fingerprint density at radius 1 is 1.39 bits per heavy atom. The lowest BCUT2D eigenvalue weighted by molar-refractivity contribution is 0.0910. The summed E-state index contributed by atoms with van der Waals surface area (Å²) in [6.07, 6.45) is 3.79. The Bertz CT molecular complexity index is 438. The molecule has 3 heteroatoms. The Balaban J connectivity index is 2.08. The SMILES string of the molecule is CNc1cc(C)ccc1C(=O)NC(C)C1CCC1. The Hall–Kier alpha value is -1.51. The molecule has 1 fully saturated rings. The second kappa shape index (κ2) is 5.42. The van der Waals surface area contributed by atoms with Gasteiger partial charge in [-0.2, -0.15) is 0 Å². The van der Waals surface area contributed by atoms with Gasteiger partial charge in [-0.05, 0) is 50.3 Å². The average Bonchev–Trinajstić information content (AvgIpc) is 2.25. The van der Waals surface area contributed by atoms with Crippen LogP contribution < -0.4 is 10.6 Å². The van der Waals surface area contributed by atoms with Crippen LogP contribution in [0.1, 0.15) is 42.1 Å². The predicted molar refractivity (Wildman–Crippen MR) is 75.0 cm³/mol. The van der Waals surface area contributed by atoms with Crippen LogP contribution in [0.4, 0.5) is 5.69 Å². The number of hydrogen-bond acceptors (Lipinski definition) is 2. The minimum Gasteiger partial charge on any atom is -0.387 e. The zero-order valence-electron chi connectivity index (χ0n) is 11.4. The summed E-state index contributed by atoms with van der Waals surface area (Å²) in [4.78, 5) is 12.2. The van der Waals surface area contributed by atoms with Crippen LogP contribution in [0, 0.1) is 12.8 Å². The molecule has 2 rings (SSSR count). The molecule has 0 bridgehead atoms. The van der Waals surface area contributed by atoms with Gasteiger partial charge in [0.25, 0.3) is 5.91 Å². The number of aryl methyl sites for hydroxylation is 1. The molecule has 1 aromatic rings. The largest absolute Gasteiger partial charge is 0.387 e. The van der Waals surface area contributed by atoms with Crippen LogP contribution in [0.3, 0.4) is 0 Å². The second-order valence-corrected chi connectivity index (χ2v) is 5.25. The van der Waals surface area contributed by atoms with Crippen LogP contribution in [0.2, 0.25) is 0 Å². The van der Waals surface area contributed by atoms with E-state index in [9.17, 15) is 4.79 Å². The van der Waals surface area contributed by atoms with E-state index < -0.39 is 0 Å². The Morgan fingerprint density at radius 3 is 2.67 bits per heavy atom. The third kappa shape index (κ3) is 2.66. The van der Waals surface area contributed by atoms with Crippen LogP contribution in [-0.2, 0) is 0 Å². The number of carbonyl (C=O) groups is 1. The van der Waals surface area contributed by atoms with Crippen molar-refractivity contribution in [3.05, 3.63) is 29.3 Å². The molecule has 3 nitrogen and oxygen atoms in total. The molecule has 0 heterocycles. The van der Waals surface area contributed by atoms with Crippen molar-refractivity contribution in [3.63, 3.8) is 0 Å². The maximum Gasteiger partial charge on any atom is 0.253 e. The topological polar surface area (TPSA) is 41.1 Å². The number of amides is 1. The first kappa shape index (κ1) is 12.9. The number of anilines is 1. The zero-order valence-corrected chi connectivity index (χ0v) is 11.4. The van der Waals surface area contributed by atoms with E-state index in [1.807, 2.05) is 32.2 Å². The molecule has 1 amide bonds. The Kier molecular flexibility index (Phi) is 3.90. The molecule has 18 heavy (non-hydrogen) atoms. The van der Waals surface area contributed by atoms with E-state index in [0.29, 0.717) is 5.92 Å². The molecule has 0 aliphatic heterocycles. The molecular weight excluding hydrogens is 224 g/mol. The highest BCUT2D eigenvalue weighted by molar-refractivity contribution is 5.99. The molecule has 1 saturated carbocycles. The summed E-state index contributed by atoms with van der Waals surface area (Å²) >= 11 is 0. The molecule has 1 unspecified atom stereocenters. The zero-order chi connectivity index (χ0) is 13.1. The Labute approximate surface area is 109 Å². The number of carbonyl (C=O) groups excluding carboxylic acids is 1. The number of hydrogen-bond donors (Lipinski definition) is 2. The molecule has 0 aromatic heterocycles. The van der Waals surface area contributed by atoms with Crippen molar-refractivity contribution in [1.82, 2.24) is 5.32 Å². The second-order valence-electron chi connectivity index (χ2n) is 5.25. The quantitative estimate of drug-likeness (QED) is 0.857. The highest BCUT2D eigenvalue weighted by atomic mass is 16.1. The van der Waals surface area contributed by atoms with Crippen molar-refractivity contribution in [2.24, 2.45) is 5.92 Å². The summed E-state index contributed by atoms with van der Waals surface area (Å²) in [5.74, 6) is 0.691. The monoisotopic (exact) mass is 246 g/mol. The minimum absolute atomic E-state index is 0.0266. The molecule has 1 aliphatic rings. The molecule has 98 valence electrons. The van der Waals surface area contributed by atoms with Crippen molar-refractivity contribution in [2.45, 2.75) is 39.2 Å². The fourth-order valence-corrected chi connectivity index (χ4v) is 2.41. The van der Waals surface area contributed by atoms with E-state index in [4.69, 9.17) is 0 Å². The lowest BCUT2D eigenvalue weighted by Crippen LogP contribution is -2.40. The predicted octanol–water partition coefficient (Wildman–Crippen LogP) is 2.96. The van der Waals surface area contributed by atoms with E-state index >= 15 is 0 Å². The third-order valence-electron chi connectivity index (χ3n) is 3.90. The summed E-state index contributed by atoms with van der Waals surface area (Å²) in [6, 6.07) is 6.15. The number of nitrogens with one attached hydrogen (secondary N) is 2. The van der Waals surface area contributed by atoms with Crippen molar-refractivity contribution in [2.75, 3.05) is 12.4 Å². The molecule has 1 atom stereocenters. The van der Waals surface area contributed by atoms with Gasteiger partial charge in [-0.1, -0.05) is 12.5 Å². The van der Waals surface area contributed by atoms with Gasteiger partial charge < -0.3 is 10.6 Å². The van der Waals surface area contributed by atoms with E-state index in [0.717, 1.165) is 16.8 Å². The van der Waals surface area contributed by atoms with Crippen molar-refractivity contribution in [1.29, 1.82) is 0 Å². The van der Waals surface area contributed by atoms with Gasteiger partial charge in [-0.15, -0.1) is 0 Å². The molecule has 0 spiro atoms. The van der Waals surface area contributed by atoms with Gasteiger partial charge >= 0.3 is 0 Å². The third-order valence-corrected chi connectivity index (χ3v) is 3.90. The molecule has 1 aromatic carbocycles. The first-order chi connectivity index (χ1) is 8.61. The van der Waals surface area contributed by atoms with Gasteiger partial charge in [0.05, 0.1) is 5.56 Å². The fraction of sp³-hybridized carbons (Fsp3) is 0.533. The maximum atomic E-state index is 12.2. The minimum atomic E-state index is 0.0266. The van der Waals surface area contributed by atoms with Gasteiger partial charge in [-0.25, -0.2) is 0 Å². The molecule has 0 saturated heterocycles. The van der Waals surface area contributed by atoms with Gasteiger partial charge in [0, 0.05) is 18.8 Å². The first-order valence-electron chi connectivity index (χ1n) is 6.71. The van der Waals surface area contributed by atoms with Gasteiger partial charge in [0.15, 0.2) is 0 Å². The summed E-state index contributed by atoms with van der Waals surface area (Å²) in [6.45, 7) is 4.13. The smallest absolute Gasteiger partial charge is 0.253 e. The highest BCUT2D eigenvalue weighted by Crippen LogP contribution is 2.29. The van der Waals surface area contributed by atoms with Gasteiger partial charge in [-0.3, -0.25) is 4.79 Å². The van der Waals surface area contributed by atoms with E-state index in [-0.39, 0.29) is 11.9 Å². The highest BCUT2D eigenvalue weighted by Gasteiger charge is 2.25. The van der Waals surface area contributed by atoms with Crippen LogP contribution in [0.25, 0.3) is 0 Å². The number of rotatable bonds is 4. The molecule has 1 aliphatic carbocycles. The maximum absolute atomic E-state index is 12.2. The van der Waals surface area contributed by atoms with Crippen LogP contribution >= 0.6 is 0 Å². The van der Waals surface area contributed by atoms with Crippen molar-refractivity contribution in [3.8, 4) is 0 Å². The van der Waals surface area contributed by atoms with E-state index in [2.05, 4.69) is 17.6 Å². The lowest BCUT2D eigenvalue weighted by Gasteiger charge is -2.32. The van der Waals surface area contributed by atoms with Crippen molar-refractivity contribution >= 4 is 11.6 Å². The normalized spacial score (nSPS) is 16.8. The molecule has 2 N–H and O–H groups in total. The van der Waals surface area contributed by atoms with Gasteiger partial charge in [0.2, 0.25) is 0 Å². The molecule has 0 radical (unpaired) electrons. The van der Waals surface area contributed by atoms with E-state index in [1.165, 1.54) is 19.3 Å². The van der Waals surface area contributed by atoms with Crippen molar-refractivity contribution < 1.29 is 4.79 Å². The van der Waals surface area contributed by atoms with E-state index in [1.54, 1.807) is 0 Å². The number of benzene rings is 1. The van der Waals surface area contributed by atoms with Crippen LogP contribution in [0.5, 0.6) is 0 Å². The molecular formula is C15H22N2O. The summed E-state index contributed by atoms with van der Waals surface area (Å²) < 4.78 is 0. The van der Waals surface area contributed by atoms with Crippen LogP contribution in [0.15, 0.2) is 18.2 Å². The first-order valence-corrected chi connectivity index (χ1v) is 6.71. The standard InChI is InChI=1S/C15H22N2O/c1-10-7-8-13(14(9-10)16-3)15(18)17-11(2)12-5-4-6-12/h7-9,11-12,16H,4-6H2,1-3H3,(H,17,18). The van der Waals surface area contributed by atoms with Crippen LogP contribution in [-0.4, -0.2) is 19.0 Å². The average molecular weight is 246 g/mol. The Morgan fingerprint density at radius 2 is 2.11 bits per heavy atom. The summed E-state index contributed by atoms with van der Waals surface area (Å²) in [5.41, 5.74) is 2.78. The lowest BCUT2D eigenvalue weighted by atomic mass is 9.80. The van der Waals surface area contributed by atoms with Gasteiger partial charge in [0.1, 0.15) is 0 Å². The summed E-state index contributed by atoms with van der Waals surface area (Å²) in [7, 11) is 1.85.